The van der Waals surface area contributed by atoms with Gasteiger partial charge in [0.15, 0.2) is 17.4 Å². The summed E-state index contributed by atoms with van der Waals surface area (Å²) in [6.07, 6.45) is -2.88. The number of nitrogens with two attached hydrogens (primary N) is 1. The molecule has 1 saturated heterocycles. The number of aliphatic carboxylic acids is 1. The van der Waals surface area contributed by atoms with Crippen molar-refractivity contribution in [1.29, 1.82) is 0 Å². The van der Waals surface area contributed by atoms with Crippen LogP contribution in [0.1, 0.15) is 46.4 Å². The van der Waals surface area contributed by atoms with Gasteiger partial charge in [-0.2, -0.15) is 9.97 Å². The summed E-state index contributed by atoms with van der Waals surface area (Å²) in [6.45, 7) is 7.27. The minimum atomic E-state index is -4.43. The Balaban J connectivity index is 1.58. The van der Waals surface area contributed by atoms with Crippen molar-refractivity contribution >= 4 is 36.7 Å². The maximum atomic E-state index is 14.4. The quantitative estimate of drug-likeness (QED) is 0.0987. The van der Waals surface area contributed by atoms with Crippen molar-refractivity contribution in [3.8, 4) is 5.88 Å². The molecule has 18 heteroatoms. The lowest BCUT2D eigenvalue weighted by molar-refractivity contribution is -0.148. The van der Waals surface area contributed by atoms with E-state index in [1.807, 2.05) is 6.07 Å². The number of nitrogens with zero attached hydrogens (tertiary/aromatic N) is 4. The predicted octanol–water partition coefficient (Wildman–Crippen LogP) is 1.61. The van der Waals surface area contributed by atoms with E-state index in [4.69, 9.17) is 24.5 Å². The summed E-state index contributed by atoms with van der Waals surface area (Å²) in [5, 5.41) is 37.6. The van der Waals surface area contributed by atoms with Gasteiger partial charge < -0.3 is 39.8 Å². The third-order valence-electron chi connectivity index (χ3n) is 7.72. The molecule has 1 aliphatic rings. The Kier molecular flexibility index (Phi) is 11.2. The molecule has 3 aromatic rings. The van der Waals surface area contributed by atoms with Crippen LogP contribution in [-0.2, 0) is 34.8 Å². The molecule has 0 spiro atoms. The van der Waals surface area contributed by atoms with Crippen LogP contribution in [0.3, 0.4) is 0 Å². The van der Waals surface area contributed by atoms with Gasteiger partial charge in [-0.15, -0.1) is 0 Å². The van der Waals surface area contributed by atoms with Crippen molar-refractivity contribution in [2.75, 3.05) is 19.5 Å². The monoisotopic (exact) mass is 679 g/mol. The lowest BCUT2D eigenvalue weighted by Gasteiger charge is -2.31. The molecule has 4 rings (SSSR count). The smallest absolute Gasteiger partial charge is 0.342 e. The number of anilines is 1. The largest absolute Gasteiger partial charge is 0.480 e. The van der Waals surface area contributed by atoms with Crippen LogP contribution in [0, 0.1) is 11.8 Å². The molecular weight excluding hydrogens is 637 g/mol. The zero-order chi connectivity index (χ0) is 34.7. The number of imidazole rings is 1. The number of rotatable bonds is 15. The maximum Gasteiger partial charge on any atom is 0.342 e. The molecule has 3 heterocycles. The summed E-state index contributed by atoms with van der Waals surface area (Å²) in [5.41, 5.74) is 4.97. The predicted molar refractivity (Wildman–Crippen MR) is 168 cm³/mol. The summed E-state index contributed by atoms with van der Waals surface area (Å²) in [5.74, 6) is -3.11. The highest BCUT2D eigenvalue weighted by Crippen LogP contribution is 2.45. The van der Waals surface area contributed by atoms with Gasteiger partial charge in [-0.3, -0.25) is 18.7 Å². The molecule has 0 radical (unpaired) electrons. The fraction of sp³-hybridized carbons (Fsp3) is 0.552. The number of aliphatic hydroxyl groups is 2. The van der Waals surface area contributed by atoms with Crippen molar-refractivity contribution < 1.29 is 48.2 Å². The fourth-order valence-electron chi connectivity index (χ4n) is 5.04. The highest BCUT2D eigenvalue weighted by Gasteiger charge is 2.54. The Morgan fingerprint density at radius 3 is 2.36 bits per heavy atom. The van der Waals surface area contributed by atoms with E-state index in [9.17, 15) is 29.5 Å². The summed E-state index contributed by atoms with van der Waals surface area (Å²) >= 11 is 0. The standard InChI is InChI=1S/C29H42N7O10P/c1-15(2)19(25(38)39)34-47(42,35-20(16(3)4)26(40)44-12-17-10-8-7-9-11-17)45-13-18-22(37)29(5,41)27(46-18)36-14-31-21-23(36)32-28(30)33-24(21)43-6/h7-11,14-16,18-20,22,27,37,41H,12-13H2,1-6H3,(H,38,39)(H2,30,32,33)(H2,34,35,42)/t18-,19+,20+,22-,27-,29-,47?/m1/s1. The van der Waals surface area contributed by atoms with Gasteiger partial charge in [-0.05, 0) is 24.3 Å². The van der Waals surface area contributed by atoms with Gasteiger partial charge in [-0.1, -0.05) is 58.0 Å². The molecule has 0 aliphatic carbocycles. The third kappa shape index (κ3) is 8.06. The summed E-state index contributed by atoms with van der Waals surface area (Å²) in [6, 6.07) is 6.42. The Bertz CT molecular complexity index is 1600. The van der Waals surface area contributed by atoms with Crippen molar-refractivity contribution in [3.63, 3.8) is 0 Å². The number of hydrogen-bond donors (Lipinski definition) is 6. The van der Waals surface area contributed by atoms with E-state index in [1.165, 1.54) is 24.9 Å². The van der Waals surface area contributed by atoms with Crippen LogP contribution in [0.25, 0.3) is 11.2 Å². The van der Waals surface area contributed by atoms with Crippen LogP contribution in [0.4, 0.5) is 5.95 Å². The van der Waals surface area contributed by atoms with Crippen LogP contribution in [0.2, 0.25) is 0 Å². The first-order valence-corrected chi connectivity index (χ1v) is 16.5. The van der Waals surface area contributed by atoms with Gasteiger partial charge in [0.1, 0.15) is 36.5 Å². The molecule has 17 nitrogen and oxygen atoms in total. The second-order valence-corrected chi connectivity index (χ2v) is 14.0. The molecule has 2 aromatic heterocycles. The number of carbonyl (C=O) groups excluding carboxylic acids is 1. The number of methoxy groups -OCH3 is 1. The van der Waals surface area contributed by atoms with Crippen molar-refractivity contribution in [3.05, 3.63) is 42.2 Å². The second-order valence-electron chi connectivity index (χ2n) is 12.1. The van der Waals surface area contributed by atoms with Crippen LogP contribution >= 0.6 is 7.67 Å². The second kappa shape index (κ2) is 14.6. The number of nitrogen functional groups attached to an aromatic ring is 1. The lowest BCUT2D eigenvalue weighted by atomic mass is 9.96. The highest BCUT2D eigenvalue weighted by molar-refractivity contribution is 7.54. The van der Waals surface area contributed by atoms with Crippen molar-refractivity contribution in [1.82, 2.24) is 29.7 Å². The summed E-state index contributed by atoms with van der Waals surface area (Å²) < 4.78 is 38.2. The zero-order valence-corrected chi connectivity index (χ0v) is 27.8. The third-order valence-corrected chi connectivity index (χ3v) is 9.47. The zero-order valence-electron chi connectivity index (χ0n) is 26.9. The molecule has 0 saturated carbocycles. The van der Waals surface area contributed by atoms with Gasteiger partial charge in [-0.25, -0.2) is 15.2 Å². The number of aliphatic hydroxyl groups excluding tert-OH is 1. The average Bonchev–Trinajstić information content (AvgIpc) is 3.53. The van der Waals surface area contributed by atoms with E-state index in [0.717, 1.165) is 5.56 Å². The van der Waals surface area contributed by atoms with Crippen LogP contribution in [-0.4, -0.2) is 90.4 Å². The van der Waals surface area contributed by atoms with Crippen LogP contribution in [0.5, 0.6) is 5.88 Å². The van der Waals surface area contributed by atoms with Gasteiger partial charge >= 0.3 is 19.6 Å². The van der Waals surface area contributed by atoms with E-state index < -0.39 is 74.2 Å². The minimum Gasteiger partial charge on any atom is -0.480 e. The van der Waals surface area contributed by atoms with E-state index >= 15 is 0 Å². The molecule has 1 unspecified atom stereocenters. The summed E-state index contributed by atoms with van der Waals surface area (Å²) in [4.78, 5) is 37.7. The number of hydrogen-bond acceptors (Lipinski definition) is 13. The van der Waals surface area contributed by atoms with E-state index in [0.29, 0.717) is 0 Å². The number of aromatic nitrogens is 4. The molecule has 47 heavy (non-hydrogen) atoms. The Hall–Kier alpha value is -3.70. The first-order chi connectivity index (χ1) is 22.1. The number of fused-ring (bicyclic) bond motifs is 1. The van der Waals surface area contributed by atoms with Gasteiger partial charge in [0.2, 0.25) is 11.8 Å². The molecule has 1 fully saturated rings. The first kappa shape index (κ1) is 36.1. The number of esters is 1. The van der Waals surface area contributed by atoms with Gasteiger partial charge in [0.05, 0.1) is 20.0 Å². The Labute approximate surface area is 271 Å². The number of nitrogens with one attached hydrogen (secondary N) is 2. The first-order valence-electron chi connectivity index (χ1n) is 14.9. The minimum absolute atomic E-state index is 0.0448. The lowest BCUT2D eigenvalue weighted by Crippen LogP contribution is -2.48. The SMILES string of the molecule is COc1nc(N)nc2c1ncn2[C@@H]1O[C@H](COP(=O)(N[C@H](C(=O)O)C(C)C)N[C@H](C(=O)OCc2ccccc2)C(C)C)[C@@H](O)[C@@]1(C)O. The molecule has 258 valence electrons. The van der Waals surface area contributed by atoms with Gasteiger partial charge in [0, 0.05) is 0 Å². The molecular formula is C29H42N7O10P. The highest BCUT2D eigenvalue weighted by atomic mass is 31.2. The molecule has 1 aliphatic heterocycles. The van der Waals surface area contributed by atoms with E-state index in [2.05, 4.69) is 25.1 Å². The van der Waals surface area contributed by atoms with Gasteiger partial charge in [0.25, 0.3) is 0 Å². The summed E-state index contributed by atoms with van der Waals surface area (Å²) in [7, 11) is -3.05. The number of carboxylic acid groups (broad SMARTS) is 1. The van der Waals surface area contributed by atoms with Crippen LogP contribution < -0.4 is 20.6 Å². The van der Waals surface area contributed by atoms with Crippen molar-refractivity contribution in [2.45, 2.75) is 77.3 Å². The molecule has 0 amide bonds. The number of ether oxygens (including phenoxy) is 3. The fourth-order valence-corrected chi connectivity index (χ4v) is 7.16. The molecule has 0 bridgehead atoms. The maximum absolute atomic E-state index is 14.4. The topological polar surface area (TPSA) is 242 Å². The molecule has 7 N–H and O–H groups in total. The Morgan fingerprint density at radius 2 is 1.77 bits per heavy atom. The Morgan fingerprint density at radius 1 is 1.13 bits per heavy atom. The number of carboxylic acids is 1. The number of carbonyl (C=O) groups is 2. The number of benzene rings is 1. The molecule has 1 aromatic carbocycles. The van der Waals surface area contributed by atoms with E-state index in [1.54, 1.807) is 52.0 Å². The molecule has 7 atom stereocenters. The normalized spacial score (nSPS) is 23.9. The average molecular weight is 680 g/mol. The van der Waals surface area contributed by atoms with Crippen LogP contribution in [0.15, 0.2) is 36.7 Å². The van der Waals surface area contributed by atoms with E-state index in [-0.39, 0.29) is 29.6 Å². The van der Waals surface area contributed by atoms with Crippen molar-refractivity contribution in [2.24, 2.45) is 11.8 Å².